The van der Waals surface area contributed by atoms with Crippen LogP contribution in [-0.4, -0.2) is 28.5 Å². The Morgan fingerprint density at radius 3 is 2.68 bits per heavy atom. The third-order valence-electron chi connectivity index (χ3n) is 2.93. The van der Waals surface area contributed by atoms with Crippen LogP contribution in [0.25, 0.3) is 0 Å². The zero-order valence-electron chi connectivity index (χ0n) is 10.8. The summed E-state index contributed by atoms with van der Waals surface area (Å²) in [7, 11) is 1.60. The Kier molecular flexibility index (Phi) is 3.21. The maximum atomic E-state index is 5.24. The topological polar surface area (TPSA) is 47.4 Å². The van der Waals surface area contributed by atoms with E-state index in [0.717, 1.165) is 27.7 Å². The molecule has 0 aliphatic carbocycles. The molecule has 1 aliphatic heterocycles. The molecule has 0 bridgehead atoms. The number of thioether (sulfide) groups is 1. The molecular formula is C14H13N3OS. The molecule has 2 aromatic rings. The molecule has 0 saturated heterocycles. The van der Waals surface area contributed by atoms with Gasteiger partial charge in [0.05, 0.1) is 12.8 Å². The van der Waals surface area contributed by atoms with Crippen LogP contribution in [0.15, 0.2) is 40.6 Å². The number of aromatic nitrogens is 2. The monoisotopic (exact) mass is 271 g/mol. The first kappa shape index (κ1) is 12.2. The third-order valence-corrected chi connectivity index (χ3v) is 3.92. The van der Waals surface area contributed by atoms with Crippen molar-refractivity contribution in [1.29, 1.82) is 0 Å². The van der Waals surface area contributed by atoms with Gasteiger partial charge >= 0.3 is 0 Å². The molecule has 19 heavy (non-hydrogen) atoms. The van der Waals surface area contributed by atoms with Crippen molar-refractivity contribution < 1.29 is 4.74 Å². The van der Waals surface area contributed by atoms with Gasteiger partial charge in [-0.05, 0) is 12.5 Å². The van der Waals surface area contributed by atoms with Crippen LogP contribution in [-0.2, 0) is 0 Å². The molecule has 0 saturated carbocycles. The molecule has 1 aliphatic rings. The van der Waals surface area contributed by atoms with Crippen molar-refractivity contribution in [3.05, 3.63) is 41.7 Å². The Labute approximate surface area is 116 Å². The Morgan fingerprint density at radius 1 is 1.16 bits per heavy atom. The molecule has 1 aromatic heterocycles. The molecule has 0 amide bonds. The molecular weight excluding hydrogens is 258 g/mol. The van der Waals surface area contributed by atoms with E-state index in [1.165, 1.54) is 11.9 Å². The molecule has 0 fully saturated rings. The molecule has 0 unspecified atom stereocenters. The average Bonchev–Trinajstić information content (AvgIpc) is 2.47. The van der Waals surface area contributed by atoms with E-state index >= 15 is 0 Å². The Morgan fingerprint density at radius 2 is 1.95 bits per heavy atom. The standard InChI is InChI=1S/C14H13N3OS/c1-9-3-5-10(6-4-9)11-7-19-14-12(17-11)13(18-2)15-8-16-14/h3-6,8H,7H2,1-2H3. The van der Waals surface area contributed by atoms with Crippen molar-refractivity contribution in [3.63, 3.8) is 0 Å². The normalized spacial score (nSPS) is 13.7. The van der Waals surface area contributed by atoms with Crippen LogP contribution < -0.4 is 4.74 Å². The average molecular weight is 271 g/mol. The summed E-state index contributed by atoms with van der Waals surface area (Å²) in [6, 6.07) is 8.37. The van der Waals surface area contributed by atoms with E-state index in [0.29, 0.717) is 5.88 Å². The summed E-state index contributed by atoms with van der Waals surface area (Å²) in [6.45, 7) is 2.08. The number of aliphatic imine (C=N–C) groups is 1. The molecule has 0 spiro atoms. The molecule has 3 rings (SSSR count). The predicted octanol–water partition coefficient (Wildman–Crippen LogP) is 3.02. The van der Waals surface area contributed by atoms with E-state index in [4.69, 9.17) is 4.74 Å². The summed E-state index contributed by atoms with van der Waals surface area (Å²) in [4.78, 5) is 13.0. The van der Waals surface area contributed by atoms with E-state index in [-0.39, 0.29) is 0 Å². The molecule has 0 radical (unpaired) electrons. The zero-order chi connectivity index (χ0) is 13.2. The first-order valence-electron chi connectivity index (χ1n) is 5.94. The first-order chi connectivity index (χ1) is 9.28. The quantitative estimate of drug-likeness (QED) is 0.788. The fourth-order valence-electron chi connectivity index (χ4n) is 1.90. The van der Waals surface area contributed by atoms with E-state index < -0.39 is 0 Å². The second kappa shape index (κ2) is 5.01. The summed E-state index contributed by atoms with van der Waals surface area (Å²) in [5.74, 6) is 1.35. The van der Waals surface area contributed by atoms with Gasteiger partial charge in [-0.3, -0.25) is 0 Å². The number of hydrogen-bond donors (Lipinski definition) is 0. The molecule has 96 valence electrons. The number of hydrogen-bond acceptors (Lipinski definition) is 5. The van der Waals surface area contributed by atoms with Gasteiger partial charge in [-0.25, -0.2) is 9.98 Å². The second-order valence-electron chi connectivity index (χ2n) is 4.25. The number of benzene rings is 1. The van der Waals surface area contributed by atoms with Crippen molar-refractivity contribution >= 4 is 23.2 Å². The Bertz CT molecular complexity index is 638. The van der Waals surface area contributed by atoms with Crippen molar-refractivity contribution in [2.45, 2.75) is 11.9 Å². The van der Waals surface area contributed by atoms with Crippen molar-refractivity contribution in [1.82, 2.24) is 9.97 Å². The van der Waals surface area contributed by atoms with E-state index in [1.54, 1.807) is 18.9 Å². The number of fused-ring (bicyclic) bond motifs is 1. The van der Waals surface area contributed by atoms with Gasteiger partial charge in [0.1, 0.15) is 11.4 Å². The lowest BCUT2D eigenvalue weighted by Gasteiger charge is -2.15. The van der Waals surface area contributed by atoms with Crippen LogP contribution in [0.5, 0.6) is 5.88 Å². The molecule has 1 aromatic carbocycles. The fourth-order valence-corrected chi connectivity index (χ4v) is 2.79. The highest BCUT2D eigenvalue weighted by Gasteiger charge is 2.19. The maximum Gasteiger partial charge on any atom is 0.244 e. The van der Waals surface area contributed by atoms with Crippen LogP contribution in [0.2, 0.25) is 0 Å². The Hall–Kier alpha value is -1.88. The van der Waals surface area contributed by atoms with Gasteiger partial charge in [0, 0.05) is 5.75 Å². The minimum absolute atomic E-state index is 0.529. The smallest absolute Gasteiger partial charge is 0.244 e. The van der Waals surface area contributed by atoms with Gasteiger partial charge in [-0.2, -0.15) is 4.98 Å². The van der Waals surface area contributed by atoms with Gasteiger partial charge in [-0.1, -0.05) is 41.6 Å². The molecule has 5 heteroatoms. The molecule has 0 N–H and O–H groups in total. The highest BCUT2D eigenvalue weighted by molar-refractivity contribution is 8.00. The van der Waals surface area contributed by atoms with E-state index in [1.807, 2.05) is 0 Å². The Balaban J connectivity index is 2.05. The van der Waals surface area contributed by atoms with Crippen LogP contribution in [0.3, 0.4) is 0 Å². The number of ether oxygens (including phenoxy) is 1. The van der Waals surface area contributed by atoms with Crippen LogP contribution in [0.1, 0.15) is 11.1 Å². The number of nitrogens with zero attached hydrogens (tertiary/aromatic N) is 3. The van der Waals surface area contributed by atoms with Crippen molar-refractivity contribution in [2.75, 3.05) is 12.9 Å². The SMILES string of the molecule is COc1ncnc2c1N=C(c1ccc(C)cc1)CS2. The van der Waals surface area contributed by atoms with Gasteiger partial charge < -0.3 is 4.74 Å². The lowest BCUT2D eigenvalue weighted by Crippen LogP contribution is -2.09. The number of methoxy groups -OCH3 is 1. The highest BCUT2D eigenvalue weighted by atomic mass is 32.2. The second-order valence-corrected chi connectivity index (χ2v) is 5.21. The first-order valence-corrected chi connectivity index (χ1v) is 6.93. The van der Waals surface area contributed by atoms with Crippen molar-refractivity contribution in [2.24, 2.45) is 4.99 Å². The maximum absolute atomic E-state index is 5.24. The van der Waals surface area contributed by atoms with Crippen LogP contribution in [0, 0.1) is 6.92 Å². The highest BCUT2D eigenvalue weighted by Crippen LogP contribution is 2.38. The summed E-state index contributed by atoms with van der Waals surface area (Å²) >= 11 is 1.66. The zero-order valence-corrected chi connectivity index (χ0v) is 11.6. The van der Waals surface area contributed by atoms with Crippen LogP contribution >= 0.6 is 11.8 Å². The van der Waals surface area contributed by atoms with Gasteiger partial charge in [0.25, 0.3) is 0 Å². The fraction of sp³-hybridized carbons (Fsp3) is 0.214. The van der Waals surface area contributed by atoms with E-state index in [9.17, 15) is 0 Å². The minimum atomic E-state index is 0.529. The van der Waals surface area contributed by atoms with Gasteiger partial charge in [0.15, 0.2) is 5.69 Å². The van der Waals surface area contributed by atoms with Crippen LogP contribution in [0.4, 0.5) is 5.69 Å². The summed E-state index contributed by atoms with van der Waals surface area (Å²) in [5.41, 5.74) is 4.14. The van der Waals surface area contributed by atoms with Gasteiger partial charge in [0.2, 0.25) is 5.88 Å². The lowest BCUT2D eigenvalue weighted by molar-refractivity contribution is 0.396. The van der Waals surface area contributed by atoms with E-state index in [2.05, 4.69) is 46.1 Å². The minimum Gasteiger partial charge on any atom is -0.479 e. The lowest BCUT2D eigenvalue weighted by atomic mass is 10.1. The summed E-state index contributed by atoms with van der Waals surface area (Å²) < 4.78 is 5.24. The number of rotatable bonds is 2. The molecule has 4 nitrogen and oxygen atoms in total. The largest absolute Gasteiger partial charge is 0.479 e. The summed E-state index contributed by atoms with van der Waals surface area (Å²) in [5, 5.41) is 0.878. The summed E-state index contributed by atoms with van der Waals surface area (Å²) in [6.07, 6.45) is 1.51. The van der Waals surface area contributed by atoms with Gasteiger partial charge in [-0.15, -0.1) is 0 Å². The third kappa shape index (κ3) is 2.33. The molecule has 0 atom stereocenters. The molecule has 2 heterocycles. The van der Waals surface area contributed by atoms with Crippen molar-refractivity contribution in [3.8, 4) is 5.88 Å². The predicted molar refractivity (Wildman–Crippen MR) is 76.7 cm³/mol. The number of aryl methyl sites for hydroxylation is 1.